The Hall–Kier alpha value is -5.40. The van der Waals surface area contributed by atoms with Crippen LogP contribution in [0, 0.1) is 0 Å². The average molecular weight is 568 g/mol. The molecule has 0 aromatic heterocycles. The van der Waals surface area contributed by atoms with E-state index in [4.69, 9.17) is 24.4 Å². The molecule has 12 N–H and O–H groups in total. The van der Waals surface area contributed by atoms with Crippen molar-refractivity contribution in [3.8, 4) is 0 Å². The largest absolute Gasteiger partial charge is 0.481 e. The number of rotatable bonds is 15. The van der Waals surface area contributed by atoms with E-state index < -0.39 is 41.8 Å². The number of carboxylic acid groups (broad SMARTS) is 2. The lowest BCUT2D eigenvalue weighted by molar-refractivity contribution is -0.149. The molecule has 2 aromatic carbocycles. The molecule has 0 saturated carbocycles. The Labute approximate surface area is 237 Å². The molecule has 0 bridgehead atoms. The predicted octanol–water partition coefficient (Wildman–Crippen LogP) is -0.200. The summed E-state index contributed by atoms with van der Waals surface area (Å²) in [4.78, 5) is 58.4. The number of nitrogens with one attached hydrogen (secondary N) is 2. The number of aliphatic carboxylic acids is 2. The normalized spacial score (nSPS) is 13.1. The molecule has 0 aliphatic carbocycles. The van der Waals surface area contributed by atoms with Crippen LogP contribution in [-0.2, 0) is 25.6 Å². The van der Waals surface area contributed by atoms with E-state index in [1.165, 1.54) is 6.08 Å². The molecule has 14 heteroatoms. The van der Waals surface area contributed by atoms with E-state index in [-0.39, 0.29) is 37.7 Å². The Morgan fingerprint density at radius 1 is 1.00 bits per heavy atom. The van der Waals surface area contributed by atoms with Gasteiger partial charge in [0.1, 0.15) is 11.6 Å². The van der Waals surface area contributed by atoms with Gasteiger partial charge in [0.15, 0.2) is 11.9 Å². The standard InChI is InChI=1S/C27H34N8O6/c28-25(29)32-14-4-13-27(24(40)41,16-18-5-2-1-3-6-18)35-23(39)20(15-22(37)38)34-21(36)12-9-17-7-10-19(11-8-17)33-26(30)31/h1-3,5-12,20H,4,13-16H2,(H,34,36)(H,35,39)(H,37,38)(H,40,41)(H4,28,29,32)(H4,30,31,33)/t20-,27+/m0/s1/i/hD. The smallest absolute Gasteiger partial charge is 0.329 e. The van der Waals surface area contributed by atoms with E-state index >= 15 is 0 Å². The fraction of sp³-hybridized carbons (Fsp3) is 0.259. The maximum atomic E-state index is 13.4. The van der Waals surface area contributed by atoms with E-state index in [9.17, 15) is 24.3 Å². The fourth-order valence-corrected chi connectivity index (χ4v) is 3.86. The number of benzene rings is 2. The monoisotopic (exact) mass is 567 g/mol. The van der Waals surface area contributed by atoms with Crippen LogP contribution < -0.4 is 33.6 Å². The third-order valence-electron chi connectivity index (χ3n) is 5.76. The quantitative estimate of drug-likeness (QED) is 0.0608. The lowest BCUT2D eigenvalue weighted by Gasteiger charge is -2.32. The van der Waals surface area contributed by atoms with Crippen LogP contribution in [-0.4, -0.2) is 64.0 Å². The maximum absolute atomic E-state index is 13.4. The van der Waals surface area contributed by atoms with Gasteiger partial charge in [-0.3, -0.25) is 19.4 Å². The number of amides is 2. The van der Waals surface area contributed by atoms with Crippen molar-refractivity contribution in [3.05, 3.63) is 71.8 Å². The molecular formula is C27H34N8O6. The van der Waals surface area contributed by atoms with Crippen LogP contribution in [0.4, 0.5) is 5.69 Å². The highest BCUT2D eigenvalue weighted by atomic mass is 16.4. The summed E-state index contributed by atoms with van der Waals surface area (Å²) in [6.07, 6.45) is 1.82. The van der Waals surface area contributed by atoms with E-state index in [0.29, 0.717) is 16.8 Å². The molecule has 2 rings (SSSR count). The molecule has 41 heavy (non-hydrogen) atoms. The van der Waals surface area contributed by atoms with Crippen LogP contribution in [0.1, 0.15) is 30.4 Å². The summed E-state index contributed by atoms with van der Waals surface area (Å²) < 4.78 is 6.86. The lowest BCUT2D eigenvalue weighted by atomic mass is 9.85. The molecule has 0 radical (unpaired) electrons. The summed E-state index contributed by atoms with van der Waals surface area (Å²) in [7, 11) is 0. The molecule has 218 valence electrons. The molecule has 0 heterocycles. The van der Waals surface area contributed by atoms with Crippen LogP contribution in [0.2, 0.25) is 0 Å². The first-order valence-corrected chi connectivity index (χ1v) is 12.4. The van der Waals surface area contributed by atoms with Crippen LogP contribution >= 0.6 is 0 Å². The second-order valence-corrected chi connectivity index (χ2v) is 9.05. The zero-order valence-electron chi connectivity index (χ0n) is 23.2. The zero-order valence-corrected chi connectivity index (χ0v) is 22.2. The Morgan fingerprint density at radius 2 is 1.68 bits per heavy atom. The molecule has 0 saturated heterocycles. The van der Waals surface area contributed by atoms with Crippen molar-refractivity contribution in [2.45, 2.75) is 37.3 Å². The first-order chi connectivity index (χ1) is 19.9. The number of nitrogens with zero attached hydrogens (tertiary/aromatic N) is 2. The maximum Gasteiger partial charge on any atom is 0.329 e. The number of carbonyl (C=O) groups excluding carboxylic acids is 2. The summed E-state index contributed by atoms with van der Waals surface area (Å²) in [6, 6.07) is 13.5. The number of carboxylic acids is 2. The predicted molar refractivity (Wildman–Crippen MR) is 154 cm³/mol. The third kappa shape index (κ3) is 11.1. The summed E-state index contributed by atoms with van der Waals surface area (Å²) >= 11 is 0. The average Bonchev–Trinajstić information content (AvgIpc) is 2.94. The van der Waals surface area contributed by atoms with Crippen LogP contribution in [0.15, 0.2) is 70.7 Å². The Balaban J connectivity index is 2.28. The SMILES string of the molecule is [2H]OC(=O)C[C@H](NC(=O)C=Cc1ccc(N=C(N)N)cc1)C(=O)N[C@](CCCN=C(N)N)(Cc1ccccc1)C(=O)O. The van der Waals surface area contributed by atoms with Crippen molar-refractivity contribution in [3.63, 3.8) is 0 Å². The lowest BCUT2D eigenvalue weighted by Crippen LogP contribution is -2.60. The van der Waals surface area contributed by atoms with E-state index in [2.05, 4.69) is 25.7 Å². The van der Waals surface area contributed by atoms with Crippen LogP contribution in [0.3, 0.4) is 0 Å². The molecule has 14 nitrogen and oxygen atoms in total. The van der Waals surface area contributed by atoms with Crippen molar-refractivity contribution in [2.75, 3.05) is 6.54 Å². The van der Waals surface area contributed by atoms with Gasteiger partial charge in [0.05, 0.1) is 12.1 Å². The van der Waals surface area contributed by atoms with Gasteiger partial charge in [0, 0.05) is 19.0 Å². The van der Waals surface area contributed by atoms with Gasteiger partial charge >= 0.3 is 11.9 Å². The van der Waals surface area contributed by atoms with E-state index in [1.54, 1.807) is 54.6 Å². The van der Waals surface area contributed by atoms with Gasteiger partial charge in [-0.2, -0.15) is 0 Å². The van der Waals surface area contributed by atoms with Crippen molar-refractivity contribution in [2.24, 2.45) is 32.9 Å². The first-order valence-electron chi connectivity index (χ1n) is 12.8. The van der Waals surface area contributed by atoms with Gasteiger partial charge in [-0.25, -0.2) is 9.79 Å². The molecular weight excluding hydrogens is 532 g/mol. The van der Waals surface area contributed by atoms with E-state index in [0.717, 1.165) is 6.08 Å². The minimum Gasteiger partial charge on any atom is -0.481 e. The molecule has 2 aromatic rings. The van der Waals surface area contributed by atoms with Gasteiger partial charge < -0.3 is 43.8 Å². The summed E-state index contributed by atoms with van der Waals surface area (Å²) in [5, 5.41) is 19.1. The number of nitrogens with two attached hydrogens (primary N) is 4. The molecule has 0 spiro atoms. The molecule has 0 aliphatic heterocycles. The topological polar surface area (TPSA) is 262 Å². The van der Waals surface area contributed by atoms with Gasteiger partial charge in [-0.15, -0.1) is 0 Å². The second kappa shape index (κ2) is 15.3. The highest BCUT2D eigenvalue weighted by Crippen LogP contribution is 2.21. The molecule has 2 amide bonds. The van der Waals surface area contributed by atoms with Crippen LogP contribution in [0.25, 0.3) is 7.51 Å². The molecule has 2 atom stereocenters. The van der Waals surface area contributed by atoms with Crippen molar-refractivity contribution >= 4 is 47.4 Å². The van der Waals surface area contributed by atoms with Crippen molar-refractivity contribution in [1.29, 1.82) is 1.43 Å². The highest BCUT2D eigenvalue weighted by Gasteiger charge is 2.41. The number of hydrogen-bond donors (Lipinski definition) is 8. The number of guanidine groups is 2. The van der Waals surface area contributed by atoms with Crippen LogP contribution in [0.5, 0.6) is 0 Å². The Morgan fingerprint density at radius 3 is 2.27 bits per heavy atom. The third-order valence-corrected chi connectivity index (χ3v) is 5.76. The minimum absolute atomic E-state index is 0.0843. The molecule has 0 aliphatic rings. The number of hydrogen-bond acceptors (Lipinski definition) is 7. The van der Waals surface area contributed by atoms with Gasteiger partial charge in [-0.1, -0.05) is 42.5 Å². The minimum atomic E-state index is -1.85. The molecule has 0 unspecified atom stereocenters. The summed E-state index contributed by atoms with van der Waals surface area (Å²) in [5.74, 6) is -4.48. The summed E-state index contributed by atoms with van der Waals surface area (Å²) in [5.41, 5.74) is 21.3. The second-order valence-electron chi connectivity index (χ2n) is 9.05. The van der Waals surface area contributed by atoms with Gasteiger partial charge in [-0.05, 0) is 42.2 Å². The molecule has 0 fully saturated rings. The van der Waals surface area contributed by atoms with Gasteiger partial charge in [0.2, 0.25) is 11.8 Å². The fourth-order valence-electron chi connectivity index (χ4n) is 3.86. The van der Waals surface area contributed by atoms with E-state index in [1.807, 2.05) is 0 Å². The number of aliphatic imine (C=N–C) groups is 2. The summed E-state index contributed by atoms with van der Waals surface area (Å²) in [6.45, 7) is 0.102. The van der Waals surface area contributed by atoms with Crippen molar-refractivity contribution < 1.29 is 29.4 Å². The highest BCUT2D eigenvalue weighted by molar-refractivity contribution is 5.98. The van der Waals surface area contributed by atoms with Gasteiger partial charge in [0.25, 0.3) is 1.43 Å². The van der Waals surface area contributed by atoms with Crippen molar-refractivity contribution in [1.82, 2.24) is 10.6 Å². The Bertz CT molecular complexity index is 1330. The first kappa shape index (κ1) is 30.1. The zero-order chi connectivity index (χ0) is 31.1. The Kier molecular flexibility index (Phi) is 11.2. The number of carbonyl (C=O) groups is 4.